The fraction of sp³-hybridized carbons (Fsp3) is 1.00. The zero-order valence-corrected chi connectivity index (χ0v) is 11.3. The molecule has 0 saturated carbocycles. The molecule has 98 valence electrons. The Morgan fingerprint density at radius 1 is 1.41 bits per heavy atom. The van der Waals surface area contributed by atoms with Gasteiger partial charge < -0.3 is 9.84 Å². The number of hydrogen-bond donors (Lipinski definition) is 1. The van der Waals surface area contributed by atoms with Crippen LogP contribution in [0.4, 0.5) is 0 Å². The second-order valence-corrected chi connectivity index (χ2v) is 6.80. The molecule has 3 heterocycles. The first kappa shape index (κ1) is 12.3. The highest BCUT2D eigenvalue weighted by Gasteiger charge is 2.43. The van der Waals surface area contributed by atoms with Gasteiger partial charge in [-0.2, -0.15) is 11.8 Å². The molecule has 3 aliphatic heterocycles. The monoisotopic (exact) mass is 257 g/mol. The number of aliphatic hydroxyl groups is 1. The van der Waals surface area contributed by atoms with E-state index in [0.717, 1.165) is 13.0 Å². The van der Waals surface area contributed by atoms with E-state index in [9.17, 15) is 5.11 Å². The standard InChI is InChI=1S/C13H23NO2S/c15-9-12-2-1-5-14(12)11-3-6-16-13(8-11)4-7-17-10-13/h11-12,15H,1-10H2/t11?,12-,13?/m1/s1. The zero-order valence-electron chi connectivity index (χ0n) is 10.4. The summed E-state index contributed by atoms with van der Waals surface area (Å²) in [5.74, 6) is 2.44. The Morgan fingerprint density at radius 2 is 2.35 bits per heavy atom. The number of hydrogen-bond acceptors (Lipinski definition) is 4. The molecule has 0 aromatic rings. The lowest BCUT2D eigenvalue weighted by Gasteiger charge is -2.43. The molecule has 0 bridgehead atoms. The number of nitrogens with zero attached hydrogens (tertiary/aromatic N) is 1. The summed E-state index contributed by atoms with van der Waals surface area (Å²) >= 11 is 2.04. The number of aliphatic hydroxyl groups excluding tert-OH is 1. The molecule has 0 radical (unpaired) electrons. The molecule has 0 amide bonds. The van der Waals surface area contributed by atoms with Gasteiger partial charge in [0, 0.05) is 24.4 Å². The second-order valence-electron chi connectivity index (χ2n) is 5.70. The van der Waals surface area contributed by atoms with Gasteiger partial charge in [-0.3, -0.25) is 4.90 Å². The topological polar surface area (TPSA) is 32.7 Å². The predicted molar refractivity (Wildman–Crippen MR) is 70.5 cm³/mol. The molecule has 3 aliphatic rings. The van der Waals surface area contributed by atoms with Crippen LogP contribution < -0.4 is 0 Å². The first-order valence-corrected chi connectivity index (χ1v) is 8.07. The fourth-order valence-corrected chi connectivity index (χ4v) is 5.06. The van der Waals surface area contributed by atoms with Crippen molar-refractivity contribution in [1.82, 2.24) is 4.90 Å². The van der Waals surface area contributed by atoms with Gasteiger partial charge in [-0.1, -0.05) is 0 Å². The first-order valence-electron chi connectivity index (χ1n) is 6.91. The lowest BCUT2D eigenvalue weighted by molar-refractivity contribution is -0.0931. The van der Waals surface area contributed by atoms with Crippen LogP contribution >= 0.6 is 11.8 Å². The van der Waals surface area contributed by atoms with Crippen molar-refractivity contribution in [3.05, 3.63) is 0 Å². The van der Waals surface area contributed by atoms with Crippen LogP contribution in [0.2, 0.25) is 0 Å². The Bertz CT molecular complexity index is 268. The molecule has 0 aromatic heterocycles. The summed E-state index contributed by atoms with van der Waals surface area (Å²) in [6.07, 6.45) is 6.01. The average molecular weight is 257 g/mol. The molecular weight excluding hydrogens is 234 g/mol. The van der Waals surface area contributed by atoms with Crippen LogP contribution in [-0.4, -0.2) is 59.0 Å². The van der Waals surface area contributed by atoms with E-state index in [0.29, 0.717) is 18.7 Å². The maximum Gasteiger partial charge on any atom is 0.0795 e. The van der Waals surface area contributed by atoms with Crippen molar-refractivity contribution in [2.45, 2.75) is 49.8 Å². The molecule has 1 spiro atoms. The Morgan fingerprint density at radius 3 is 3.12 bits per heavy atom. The Labute approximate surface area is 108 Å². The Hall–Kier alpha value is 0.230. The minimum Gasteiger partial charge on any atom is -0.395 e. The van der Waals surface area contributed by atoms with E-state index in [1.54, 1.807) is 0 Å². The largest absolute Gasteiger partial charge is 0.395 e. The van der Waals surface area contributed by atoms with E-state index in [-0.39, 0.29) is 5.60 Å². The minimum atomic E-state index is 0.177. The zero-order chi connectivity index (χ0) is 11.7. The van der Waals surface area contributed by atoms with Crippen LogP contribution in [0, 0.1) is 0 Å². The van der Waals surface area contributed by atoms with Gasteiger partial charge >= 0.3 is 0 Å². The van der Waals surface area contributed by atoms with Crippen LogP contribution in [0.3, 0.4) is 0 Å². The van der Waals surface area contributed by atoms with E-state index in [2.05, 4.69) is 4.90 Å². The molecule has 17 heavy (non-hydrogen) atoms. The molecule has 3 nitrogen and oxygen atoms in total. The summed E-state index contributed by atoms with van der Waals surface area (Å²) in [6.45, 7) is 2.43. The van der Waals surface area contributed by atoms with Gasteiger partial charge in [-0.25, -0.2) is 0 Å². The van der Waals surface area contributed by atoms with Gasteiger partial charge in [0.1, 0.15) is 0 Å². The first-order chi connectivity index (χ1) is 8.33. The summed E-state index contributed by atoms with van der Waals surface area (Å²) in [5, 5.41) is 9.45. The second kappa shape index (κ2) is 5.08. The summed E-state index contributed by atoms with van der Waals surface area (Å²) < 4.78 is 6.08. The van der Waals surface area contributed by atoms with Crippen molar-refractivity contribution < 1.29 is 9.84 Å². The third-order valence-corrected chi connectivity index (χ3v) is 5.86. The van der Waals surface area contributed by atoms with Crippen molar-refractivity contribution in [2.24, 2.45) is 0 Å². The summed E-state index contributed by atoms with van der Waals surface area (Å²) in [4.78, 5) is 2.56. The van der Waals surface area contributed by atoms with Crippen LogP contribution in [-0.2, 0) is 4.74 Å². The Kier molecular flexibility index (Phi) is 3.67. The van der Waals surface area contributed by atoms with Gasteiger partial charge in [-0.15, -0.1) is 0 Å². The maximum atomic E-state index is 9.45. The highest BCUT2D eigenvalue weighted by atomic mass is 32.2. The number of rotatable bonds is 2. The van der Waals surface area contributed by atoms with E-state index in [1.807, 2.05) is 11.8 Å². The highest BCUT2D eigenvalue weighted by Crippen LogP contribution is 2.40. The van der Waals surface area contributed by atoms with Gasteiger partial charge in [0.15, 0.2) is 0 Å². The minimum absolute atomic E-state index is 0.177. The van der Waals surface area contributed by atoms with E-state index in [4.69, 9.17) is 4.74 Å². The molecule has 0 aliphatic carbocycles. The Balaban J connectivity index is 1.67. The lowest BCUT2D eigenvalue weighted by atomic mass is 9.89. The number of thioether (sulfide) groups is 1. The molecule has 2 unspecified atom stereocenters. The van der Waals surface area contributed by atoms with Gasteiger partial charge in [0.2, 0.25) is 0 Å². The average Bonchev–Trinajstić information content (AvgIpc) is 2.98. The van der Waals surface area contributed by atoms with Crippen LogP contribution in [0.25, 0.3) is 0 Å². The molecule has 3 fully saturated rings. The molecule has 3 rings (SSSR count). The fourth-order valence-electron chi connectivity index (χ4n) is 3.68. The van der Waals surface area contributed by atoms with Gasteiger partial charge in [0.25, 0.3) is 0 Å². The summed E-state index contributed by atoms with van der Waals surface area (Å²) in [7, 11) is 0. The van der Waals surface area contributed by atoms with Gasteiger partial charge in [-0.05, 0) is 44.4 Å². The van der Waals surface area contributed by atoms with Crippen molar-refractivity contribution in [1.29, 1.82) is 0 Å². The van der Waals surface area contributed by atoms with Crippen LogP contribution in [0.15, 0.2) is 0 Å². The normalized spacial score (nSPS) is 43.6. The van der Waals surface area contributed by atoms with Crippen molar-refractivity contribution in [3.63, 3.8) is 0 Å². The molecule has 4 heteroatoms. The van der Waals surface area contributed by atoms with Crippen molar-refractivity contribution >= 4 is 11.8 Å². The van der Waals surface area contributed by atoms with Crippen LogP contribution in [0.1, 0.15) is 32.1 Å². The maximum absolute atomic E-state index is 9.45. The highest BCUT2D eigenvalue weighted by molar-refractivity contribution is 7.99. The van der Waals surface area contributed by atoms with Gasteiger partial charge in [0.05, 0.1) is 12.2 Å². The molecule has 3 atom stereocenters. The summed E-state index contributed by atoms with van der Waals surface area (Å²) in [6, 6.07) is 1.08. The predicted octanol–water partition coefficient (Wildman–Crippen LogP) is 1.50. The van der Waals surface area contributed by atoms with Crippen LogP contribution in [0.5, 0.6) is 0 Å². The van der Waals surface area contributed by atoms with E-state index < -0.39 is 0 Å². The van der Waals surface area contributed by atoms with E-state index in [1.165, 1.54) is 43.7 Å². The number of ether oxygens (including phenoxy) is 1. The molecule has 3 saturated heterocycles. The quantitative estimate of drug-likeness (QED) is 0.812. The third kappa shape index (κ3) is 2.37. The van der Waals surface area contributed by atoms with Crippen molar-refractivity contribution in [2.75, 3.05) is 31.3 Å². The smallest absolute Gasteiger partial charge is 0.0795 e. The molecular formula is C13H23NO2S. The number of likely N-dealkylation sites (tertiary alicyclic amines) is 1. The van der Waals surface area contributed by atoms with E-state index >= 15 is 0 Å². The molecule has 1 N–H and O–H groups in total. The SMILES string of the molecule is OC[C@H]1CCCN1C1CCOC2(CCSC2)C1. The lowest BCUT2D eigenvalue weighted by Crippen LogP contribution is -2.50. The third-order valence-electron chi connectivity index (χ3n) is 4.64. The summed E-state index contributed by atoms with van der Waals surface area (Å²) in [5.41, 5.74) is 0.177. The molecule has 0 aromatic carbocycles. The van der Waals surface area contributed by atoms with Crippen molar-refractivity contribution in [3.8, 4) is 0 Å².